The van der Waals surface area contributed by atoms with Crippen molar-refractivity contribution in [2.45, 2.75) is 109 Å². The molecule has 3 rings (SSSR count). The van der Waals surface area contributed by atoms with Crippen LogP contribution in [0.15, 0.2) is 30.3 Å². The van der Waals surface area contributed by atoms with Crippen molar-refractivity contribution in [2.75, 3.05) is 34.0 Å². The highest BCUT2D eigenvalue weighted by Gasteiger charge is 2.37. The Labute approximate surface area is 258 Å². The van der Waals surface area contributed by atoms with Gasteiger partial charge in [-0.25, -0.2) is 0 Å². The molecular formula is C35H52N2O6. The Morgan fingerprint density at radius 1 is 0.930 bits per heavy atom. The molecular weight excluding hydrogens is 544 g/mol. The first kappa shape index (κ1) is 34.2. The zero-order valence-corrected chi connectivity index (χ0v) is 26.9. The Kier molecular flexibility index (Phi) is 14.1. The minimum atomic E-state index is -0.815. The van der Waals surface area contributed by atoms with Gasteiger partial charge in [0.2, 0.25) is 11.5 Å². The third-order valence-electron chi connectivity index (χ3n) is 8.21. The molecule has 0 saturated carbocycles. The van der Waals surface area contributed by atoms with Crippen molar-refractivity contribution in [3.05, 3.63) is 35.9 Å². The fourth-order valence-electron chi connectivity index (χ4n) is 5.64. The van der Waals surface area contributed by atoms with Gasteiger partial charge >= 0.3 is 0 Å². The van der Waals surface area contributed by atoms with Crippen molar-refractivity contribution >= 4 is 0 Å². The molecule has 2 aromatic carbocycles. The maximum absolute atomic E-state index is 10.7. The second kappa shape index (κ2) is 17.7. The molecule has 8 heteroatoms. The molecule has 2 aromatic rings. The number of fused-ring (bicyclic) bond motifs is 1. The van der Waals surface area contributed by atoms with Crippen LogP contribution < -0.4 is 34.2 Å². The largest absolute Gasteiger partial charge is 0.490 e. The summed E-state index contributed by atoms with van der Waals surface area (Å²) < 4.78 is 36.3. The molecule has 1 heterocycles. The van der Waals surface area contributed by atoms with Crippen LogP contribution in [0.25, 0.3) is 0 Å². The van der Waals surface area contributed by atoms with E-state index in [0.29, 0.717) is 62.1 Å². The van der Waals surface area contributed by atoms with Crippen molar-refractivity contribution in [1.82, 2.24) is 0 Å². The molecule has 0 fully saturated rings. The summed E-state index contributed by atoms with van der Waals surface area (Å²) in [6.45, 7) is 7.94. The molecule has 2 N–H and O–H groups in total. The van der Waals surface area contributed by atoms with E-state index < -0.39 is 5.41 Å². The van der Waals surface area contributed by atoms with Crippen molar-refractivity contribution in [2.24, 2.45) is 5.73 Å². The van der Waals surface area contributed by atoms with Gasteiger partial charge in [0.05, 0.1) is 38.9 Å². The quantitative estimate of drug-likeness (QED) is 0.155. The Hall–Kier alpha value is -3.31. The Balaban J connectivity index is 1.82. The van der Waals surface area contributed by atoms with Gasteiger partial charge in [0.1, 0.15) is 12.7 Å². The highest BCUT2D eigenvalue weighted by molar-refractivity contribution is 5.65. The summed E-state index contributed by atoms with van der Waals surface area (Å²) in [5.41, 5.74) is 6.56. The standard InChI is InChI=1S/C35H52N2O6/c1-6-9-13-20-40-31-23-28(32(41-21-14-10-7-2)34(39-5)33(31)38-4)35(8-3,25-36)19-15-16-26(37)22-27-24-42-29-17-11-12-18-30(29)43-27/h11-12,17-18,23,26-27H,6-10,13-16,19-22,24,37H2,1-5H3. The van der Waals surface area contributed by atoms with Crippen LogP contribution in [0.1, 0.15) is 97.0 Å². The summed E-state index contributed by atoms with van der Waals surface area (Å²) >= 11 is 0. The Morgan fingerprint density at radius 3 is 2.23 bits per heavy atom. The third-order valence-corrected chi connectivity index (χ3v) is 8.21. The number of hydrogen-bond donors (Lipinski definition) is 1. The fraction of sp³-hybridized carbons (Fsp3) is 0.629. The number of unbranched alkanes of at least 4 members (excludes halogenated alkanes) is 4. The van der Waals surface area contributed by atoms with Crippen molar-refractivity contribution in [1.29, 1.82) is 5.26 Å². The van der Waals surface area contributed by atoms with Gasteiger partial charge in [0, 0.05) is 18.0 Å². The van der Waals surface area contributed by atoms with Gasteiger partial charge in [-0.3, -0.25) is 0 Å². The van der Waals surface area contributed by atoms with Crippen LogP contribution in [0.4, 0.5) is 0 Å². The topological polar surface area (TPSA) is 105 Å². The summed E-state index contributed by atoms with van der Waals surface area (Å²) in [7, 11) is 3.21. The van der Waals surface area contributed by atoms with E-state index in [1.54, 1.807) is 14.2 Å². The first-order chi connectivity index (χ1) is 21.0. The Morgan fingerprint density at radius 2 is 1.60 bits per heavy atom. The molecule has 0 spiro atoms. The van der Waals surface area contributed by atoms with E-state index >= 15 is 0 Å². The van der Waals surface area contributed by atoms with E-state index in [9.17, 15) is 5.26 Å². The highest BCUT2D eigenvalue weighted by Crippen LogP contribution is 2.52. The number of ether oxygens (including phenoxy) is 6. The van der Waals surface area contributed by atoms with Crippen LogP contribution in [-0.4, -0.2) is 46.2 Å². The predicted molar refractivity (Wildman–Crippen MR) is 170 cm³/mol. The zero-order valence-electron chi connectivity index (χ0n) is 26.9. The van der Waals surface area contributed by atoms with Gasteiger partial charge in [0.15, 0.2) is 23.0 Å². The summed E-state index contributed by atoms with van der Waals surface area (Å²) in [4.78, 5) is 0. The number of para-hydroxylation sites is 2. The van der Waals surface area contributed by atoms with Crippen LogP contribution in [-0.2, 0) is 5.41 Å². The van der Waals surface area contributed by atoms with Crippen LogP contribution >= 0.6 is 0 Å². The average molecular weight is 597 g/mol. The lowest BCUT2D eigenvalue weighted by atomic mass is 9.74. The molecule has 238 valence electrons. The van der Waals surface area contributed by atoms with E-state index in [1.165, 1.54) is 0 Å². The molecule has 1 aliphatic rings. The van der Waals surface area contributed by atoms with Crippen LogP contribution in [0.2, 0.25) is 0 Å². The summed E-state index contributed by atoms with van der Waals surface area (Å²) in [6.07, 6.45) is 9.49. The molecule has 8 nitrogen and oxygen atoms in total. The molecule has 3 atom stereocenters. The van der Waals surface area contributed by atoms with Gasteiger partial charge in [-0.05, 0) is 56.7 Å². The van der Waals surface area contributed by atoms with Crippen molar-refractivity contribution in [3.63, 3.8) is 0 Å². The van der Waals surface area contributed by atoms with Gasteiger partial charge < -0.3 is 34.2 Å². The molecule has 0 aliphatic carbocycles. The van der Waals surface area contributed by atoms with Crippen molar-refractivity contribution < 1.29 is 28.4 Å². The van der Waals surface area contributed by atoms with Gasteiger partial charge in [-0.15, -0.1) is 0 Å². The number of methoxy groups -OCH3 is 2. The summed E-state index contributed by atoms with van der Waals surface area (Å²) in [5, 5.41) is 10.7. The molecule has 0 radical (unpaired) electrons. The number of rotatable bonds is 20. The van der Waals surface area contributed by atoms with Gasteiger partial charge in [-0.1, -0.05) is 58.6 Å². The second-order valence-corrected chi connectivity index (χ2v) is 11.4. The van der Waals surface area contributed by atoms with E-state index in [4.69, 9.17) is 34.2 Å². The molecule has 1 aliphatic heterocycles. The molecule has 0 aromatic heterocycles. The van der Waals surface area contributed by atoms with Crippen molar-refractivity contribution in [3.8, 4) is 40.6 Å². The van der Waals surface area contributed by atoms with Gasteiger partial charge in [0.25, 0.3) is 0 Å². The number of nitriles is 1. The molecule has 0 saturated heterocycles. The highest BCUT2D eigenvalue weighted by atomic mass is 16.6. The number of benzene rings is 2. The van der Waals surface area contributed by atoms with Crippen LogP contribution in [0.5, 0.6) is 34.5 Å². The lowest BCUT2D eigenvalue weighted by molar-refractivity contribution is 0.0788. The van der Waals surface area contributed by atoms with E-state index in [1.807, 2.05) is 37.3 Å². The minimum Gasteiger partial charge on any atom is -0.490 e. The maximum Gasteiger partial charge on any atom is 0.207 e. The lowest BCUT2D eigenvalue weighted by Gasteiger charge is -2.31. The fourth-order valence-corrected chi connectivity index (χ4v) is 5.64. The van der Waals surface area contributed by atoms with E-state index in [0.717, 1.165) is 68.4 Å². The third kappa shape index (κ3) is 9.09. The smallest absolute Gasteiger partial charge is 0.207 e. The number of nitrogens with two attached hydrogens (primary N) is 1. The minimum absolute atomic E-state index is 0.0836. The zero-order chi connectivity index (χ0) is 31.1. The van der Waals surface area contributed by atoms with E-state index in [-0.39, 0.29) is 12.1 Å². The van der Waals surface area contributed by atoms with Crippen LogP contribution in [0.3, 0.4) is 0 Å². The second-order valence-electron chi connectivity index (χ2n) is 11.4. The Bertz CT molecular complexity index is 1170. The summed E-state index contributed by atoms with van der Waals surface area (Å²) in [6, 6.07) is 12.2. The van der Waals surface area contributed by atoms with E-state index in [2.05, 4.69) is 19.9 Å². The normalized spacial score (nSPS) is 16.1. The first-order valence-corrected chi connectivity index (χ1v) is 16.1. The molecule has 0 amide bonds. The molecule has 0 bridgehead atoms. The average Bonchev–Trinajstić information content (AvgIpc) is 3.03. The number of hydrogen-bond acceptors (Lipinski definition) is 8. The van der Waals surface area contributed by atoms with Crippen LogP contribution in [0, 0.1) is 11.3 Å². The lowest BCUT2D eigenvalue weighted by Crippen LogP contribution is -2.36. The maximum atomic E-state index is 10.7. The molecule has 43 heavy (non-hydrogen) atoms. The first-order valence-electron chi connectivity index (χ1n) is 16.1. The summed E-state index contributed by atoms with van der Waals surface area (Å²) in [5.74, 6) is 3.64. The SMILES string of the molecule is CCCCCOc1cc(C(C#N)(CC)CCCC(N)CC2COc3ccccc3O2)c(OCCCCC)c(OC)c1OC. The number of nitrogens with zero attached hydrogens (tertiary/aromatic N) is 1. The molecule has 3 unspecified atom stereocenters. The monoisotopic (exact) mass is 596 g/mol. The van der Waals surface area contributed by atoms with Gasteiger partial charge in [-0.2, -0.15) is 5.26 Å². The predicted octanol–water partition coefficient (Wildman–Crippen LogP) is 7.74.